The molecular formula is C46H59N3O8. The fraction of sp³-hybridized carbons (Fsp3) is 0.500. The van der Waals surface area contributed by atoms with Gasteiger partial charge in [0.05, 0.1) is 23.9 Å². The lowest BCUT2D eigenvalue weighted by atomic mass is 9.55. The van der Waals surface area contributed by atoms with E-state index in [9.17, 15) is 15.0 Å². The third-order valence-electron chi connectivity index (χ3n) is 11.5. The van der Waals surface area contributed by atoms with E-state index in [1.165, 1.54) is 0 Å². The number of aliphatic hydroxyl groups excluding tert-OH is 2. The summed E-state index contributed by atoms with van der Waals surface area (Å²) < 4.78 is 26.7. The molecule has 0 radical (unpaired) electrons. The van der Waals surface area contributed by atoms with E-state index in [2.05, 4.69) is 28.9 Å². The zero-order chi connectivity index (χ0) is 40.2. The molecule has 3 aliphatic rings. The summed E-state index contributed by atoms with van der Waals surface area (Å²) in [6.07, 6.45) is 9.32. The minimum absolute atomic E-state index is 0.0965. The fourth-order valence-corrected chi connectivity index (χ4v) is 9.10. The number of rotatable bonds is 20. The molecule has 0 saturated heterocycles. The maximum absolute atomic E-state index is 14.4. The van der Waals surface area contributed by atoms with Gasteiger partial charge in [0.2, 0.25) is 5.79 Å². The zero-order valence-corrected chi connectivity index (χ0v) is 33.7. The fourth-order valence-electron chi connectivity index (χ4n) is 9.10. The lowest BCUT2D eigenvalue weighted by molar-refractivity contribution is -0.255. The van der Waals surface area contributed by atoms with Crippen molar-refractivity contribution in [3.05, 3.63) is 114 Å². The number of fused-ring (bicyclic) bond motifs is 2. The van der Waals surface area contributed by atoms with Crippen molar-refractivity contribution in [2.24, 2.45) is 22.9 Å². The molecule has 57 heavy (non-hydrogen) atoms. The molecule has 0 bridgehead atoms. The monoisotopic (exact) mass is 781 g/mol. The Labute approximate surface area is 337 Å². The van der Waals surface area contributed by atoms with Crippen molar-refractivity contribution in [3.8, 4) is 11.5 Å². The molecule has 1 saturated carbocycles. The van der Waals surface area contributed by atoms with Crippen molar-refractivity contribution in [2.45, 2.75) is 96.2 Å². The average molecular weight is 782 g/mol. The van der Waals surface area contributed by atoms with Gasteiger partial charge in [0.1, 0.15) is 37.9 Å². The highest BCUT2D eigenvalue weighted by molar-refractivity contribution is 6.02. The number of pyridine rings is 1. The zero-order valence-electron chi connectivity index (χ0n) is 33.7. The van der Waals surface area contributed by atoms with Crippen LogP contribution in [0.4, 0.5) is 4.79 Å². The van der Waals surface area contributed by atoms with Crippen molar-refractivity contribution in [2.75, 3.05) is 33.5 Å². The van der Waals surface area contributed by atoms with Gasteiger partial charge >= 0.3 is 6.09 Å². The minimum Gasteiger partial charge on any atom is -0.487 e. The Kier molecular flexibility index (Phi) is 14.8. The Hall–Kier alpha value is -4.71. The Morgan fingerprint density at radius 3 is 2.54 bits per heavy atom. The van der Waals surface area contributed by atoms with Gasteiger partial charge in [-0.25, -0.2) is 4.79 Å². The SMILES string of the molecule is C=CCO[C@@]12Oc3ccc(OCc4cccc(C)n4)cc3[C@H]3[C@H](CCCCO)[C@@H](CCCCO)C=C(C(=NOC)C[C@@H]1N(CCC)C(=O)OCc1ccccc1)[C@H]32. The summed E-state index contributed by atoms with van der Waals surface area (Å²) >= 11 is 0. The van der Waals surface area contributed by atoms with Crippen LogP contribution in [0.2, 0.25) is 0 Å². The van der Waals surface area contributed by atoms with E-state index < -0.39 is 23.8 Å². The number of benzene rings is 2. The molecule has 0 unspecified atom stereocenters. The van der Waals surface area contributed by atoms with Crippen LogP contribution in [0.5, 0.6) is 11.5 Å². The first kappa shape index (κ1) is 41.9. The Morgan fingerprint density at radius 2 is 1.82 bits per heavy atom. The van der Waals surface area contributed by atoms with Gasteiger partial charge in [-0.2, -0.15) is 0 Å². The van der Waals surface area contributed by atoms with E-state index in [0.717, 1.165) is 59.5 Å². The molecule has 2 N–H and O–H groups in total. The number of amides is 1. The highest BCUT2D eigenvalue weighted by Gasteiger charge is 2.65. The van der Waals surface area contributed by atoms with E-state index in [1.54, 1.807) is 18.1 Å². The van der Waals surface area contributed by atoms with Crippen molar-refractivity contribution < 1.29 is 38.8 Å². The van der Waals surface area contributed by atoms with Gasteiger partial charge in [0.25, 0.3) is 0 Å². The van der Waals surface area contributed by atoms with Gasteiger partial charge in [0, 0.05) is 43.4 Å². The van der Waals surface area contributed by atoms with Crippen LogP contribution in [-0.4, -0.2) is 77.2 Å². The first-order valence-corrected chi connectivity index (χ1v) is 20.5. The van der Waals surface area contributed by atoms with Crippen molar-refractivity contribution in [1.29, 1.82) is 0 Å². The van der Waals surface area contributed by atoms with E-state index in [-0.39, 0.29) is 44.2 Å². The Bertz CT molecular complexity index is 1850. The molecule has 1 aromatic heterocycles. The maximum Gasteiger partial charge on any atom is 0.410 e. The molecule has 2 aliphatic carbocycles. The highest BCUT2D eigenvalue weighted by Crippen LogP contribution is 2.62. The third kappa shape index (κ3) is 9.54. The summed E-state index contributed by atoms with van der Waals surface area (Å²) in [5.74, 6) is -0.361. The molecule has 6 rings (SSSR count). The number of aryl methyl sites for hydroxylation is 1. The second kappa shape index (κ2) is 20.1. The van der Waals surface area contributed by atoms with Crippen LogP contribution in [-0.2, 0) is 27.5 Å². The molecule has 11 nitrogen and oxygen atoms in total. The average Bonchev–Trinajstić information content (AvgIpc) is 3.22. The summed E-state index contributed by atoms with van der Waals surface area (Å²) in [4.78, 5) is 26.3. The number of allylic oxidation sites excluding steroid dienone is 1. The highest BCUT2D eigenvalue weighted by atomic mass is 16.7. The van der Waals surface area contributed by atoms with Crippen LogP contribution in [0, 0.1) is 24.7 Å². The molecule has 1 fully saturated rings. The molecule has 0 spiro atoms. The summed E-state index contributed by atoms with van der Waals surface area (Å²) in [5, 5.41) is 24.4. The van der Waals surface area contributed by atoms with Crippen LogP contribution in [0.25, 0.3) is 0 Å². The number of nitrogens with zero attached hydrogens (tertiary/aromatic N) is 3. The van der Waals surface area contributed by atoms with E-state index >= 15 is 0 Å². The van der Waals surface area contributed by atoms with E-state index in [0.29, 0.717) is 50.3 Å². The normalized spacial score (nSPS) is 24.1. The molecule has 3 aromatic rings. The predicted octanol–water partition coefficient (Wildman–Crippen LogP) is 8.28. The standard InChI is InChI=1S/C46H59N3O8/c1-5-23-49(45(52)55-30-33-16-8-7-9-17-33)42-29-40(48-53-4)38-27-34(18-10-12-24-50)37(20-11-13-25-51)43-39-28-36(54-31-35-19-14-15-32(3)47-35)21-22-41(39)57-46(42,44(38)43)56-26-6-2/h6-9,14-17,19,21-22,27-28,34,37,42-44,50-51H,2,5,10-13,18,20,23-26,29-31H2,1,3-4H3/t34-,37+,42-,43+,44+,46+/m0/s1. The van der Waals surface area contributed by atoms with E-state index in [4.69, 9.17) is 23.8 Å². The number of hydrogen-bond donors (Lipinski definition) is 2. The number of carbonyl (C=O) groups is 1. The third-order valence-corrected chi connectivity index (χ3v) is 11.5. The molecule has 306 valence electrons. The topological polar surface area (TPSA) is 132 Å². The molecule has 1 aliphatic heterocycles. The minimum atomic E-state index is -1.36. The van der Waals surface area contributed by atoms with Gasteiger partial charge in [-0.1, -0.05) is 73.5 Å². The predicted molar refractivity (Wildman–Crippen MR) is 219 cm³/mol. The Balaban J connectivity index is 1.51. The lowest BCUT2D eigenvalue weighted by Gasteiger charge is -2.59. The van der Waals surface area contributed by atoms with Crippen LogP contribution in [0.1, 0.15) is 86.7 Å². The number of oxime groups is 1. The van der Waals surface area contributed by atoms with Crippen molar-refractivity contribution in [1.82, 2.24) is 9.88 Å². The molecule has 2 aromatic carbocycles. The van der Waals surface area contributed by atoms with Crippen LogP contribution >= 0.6 is 0 Å². The molecule has 11 heteroatoms. The molecule has 6 atom stereocenters. The lowest BCUT2D eigenvalue weighted by Crippen LogP contribution is -2.70. The number of ether oxygens (including phenoxy) is 4. The summed E-state index contributed by atoms with van der Waals surface area (Å²) in [7, 11) is 1.55. The maximum atomic E-state index is 14.4. The molecule has 1 amide bonds. The number of carbonyl (C=O) groups excluding carboxylic acids is 1. The first-order valence-electron chi connectivity index (χ1n) is 20.5. The first-order chi connectivity index (χ1) is 27.9. The van der Waals surface area contributed by atoms with Gasteiger partial charge in [-0.05, 0) is 92.3 Å². The number of aliphatic hydroxyl groups is 2. The quantitative estimate of drug-likeness (QED) is 0.0661. The Morgan fingerprint density at radius 1 is 1.04 bits per heavy atom. The second-order valence-electron chi connectivity index (χ2n) is 15.2. The summed E-state index contributed by atoms with van der Waals surface area (Å²) in [6.45, 7) is 9.26. The van der Waals surface area contributed by atoms with Gasteiger partial charge in [0.15, 0.2) is 0 Å². The van der Waals surface area contributed by atoms with Crippen LogP contribution in [0.3, 0.4) is 0 Å². The summed E-state index contributed by atoms with van der Waals surface area (Å²) in [5.41, 5.74) is 5.35. The second-order valence-corrected chi connectivity index (χ2v) is 15.2. The largest absolute Gasteiger partial charge is 0.487 e. The molecule has 2 heterocycles. The van der Waals surface area contributed by atoms with E-state index in [1.807, 2.05) is 74.5 Å². The number of hydrogen-bond acceptors (Lipinski definition) is 10. The van der Waals surface area contributed by atoms with Gasteiger partial charge in [-0.3, -0.25) is 9.88 Å². The van der Waals surface area contributed by atoms with Crippen molar-refractivity contribution in [3.63, 3.8) is 0 Å². The van der Waals surface area contributed by atoms with Crippen molar-refractivity contribution >= 4 is 11.8 Å². The van der Waals surface area contributed by atoms with Crippen LogP contribution in [0.15, 0.2) is 96.2 Å². The smallest absolute Gasteiger partial charge is 0.410 e. The summed E-state index contributed by atoms with van der Waals surface area (Å²) in [6, 6.07) is 20.9. The molecular weight excluding hydrogens is 723 g/mol. The van der Waals surface area contributed by atoms with Gasteiger partial charge in [-0.15, -0.1) is 6.58 Å². The van der Waals surface area contributed by atoms with Crippen LogP contribution < -0.4 is 9.47 Å². The number of unbranched alkanes of at least 4 members (excludes halogenated alkanes) is 2. The van der Waals surface area contributed by atoms with Gasteiger partial charge < -0.3 is 34.0 Å². The number of aromatic nitrogens is 1.